The Bertz CT molecular complexity index is 589. The van der Waals surface area contributed by atoms with Gasteiger partial charge in [-0.05, 0) is 57.5 Å². The summed E-state index contributed by atoms with van der Waals surface area (Å²) < 4.78 is 15.6. The molecule has 1 aromatic heterocycles. The molecule has 108 valence electrons. The van der Waals surface area contributed by atoms with Gasteiger partial charge in [-0.25, -0.2) is 9.37 Å². The molecule has 1 heterocycles. The molecule has 4 heteroatoms. The van der Waals surface area contributed by atoms with Gasteiger partial charge in [-0.2, -0.15) is 0 Å². The number of rotatable bonds is 5. The molecule has 0 spiro atoms. The lowest BCUT2D eigenvalue weighted by Gasteiger charge is -2.19. The molecule has 0 radical (unpaired) electrons. The minimum Gasteiger partial charge on any atom is -0.310 e. The topological polar surface area (TPSA) is 29.9 Å². The third-order valence-electron chi connectivity index (χ3n) is 3.67. The molecule has 0 fully saturated rings. The van der Waals surface area contributed by atoms with Crippen molar-refractivity contribution in [2.45, 2.75) is 40.2 Å². The van der Waals surface area contributed by atoms with Crippen molar-refractivity contribution in [3.8, 4) is 5.69 Å². The number of nitrogens with zero attached hydrogens (tertiary/aromatic N) is 2. The summed E-state index contributed by atoms with van der Waals surface area (Å²) in [5.41, 5.74) is 4.02. The van der Waals surface area contributed by atoms with Gasteiger partial charge in [0.05, 0.1) is 17.7 Å². The molecule has 20 heavy (non-hydrogen) atoms. The summed E-state index contributed by atoms with van der Waals surface area (Å²) in [6.45, 7) is 9.11. The van der Waals surface area contributed by atoms with E-state index in [9.17, 15) is 4.39 Å². The smallest absolute Gasteiger partial charge is 0.123 e. The Morgan fingerprint density at radius 1 is 1.35 bits per heavy atom. The fourth-order valence-corrected chi connectivity index (χ4v) is 2.30. The van der Waals surface area contributed by atoms with Crippen LogP contribution in [0.2, 0.25) is 0 Å². The highest BCUT2D eigenvalue weighted by atomic mass is 19.1. The van der Waals surface area contributed by atoms with E-state index < -0.39 is 0 Å². The third kappa shape index (κ3) is 2.90. The molecule has 0 saturated carbocycles. The first kappa shape index (κ1) is 14.7. The predicted molar refractivity (Wildman–Crippen MR) is 79.7 cm³/mol. The monoisotopic (exact) mass is 275 g/mol. The first-order valence-corrected chi connectivity index (χ1v) is 7.08. The van der Waals surface area contributed by atoms with Gasteiger partial charge in [0.2, 0.25) is 0 Å². The van der Waals surface area contributed by atoms with E-state index in [4.69, 9.17) is 0 Å². The highest BCUT2D eigenvalue weighted by Gasteiger charge is 2.14. The second-order valence-corrected chi connectivity index (χ2v) is 5.16. The van der Waals surface area contributed by atoms with Gasteiger partial charge in [-0.3, -0.25) is 0 Å². The summed E-state index contributed by atoms with van der Waals surface area (Å²) in [6, 6.07) is 5.03. The molecule has 0 bridgehead atoms. The van der Waals surface area contributed by atoms with Crippen LogP contribution in [0.4, 0.5) is 4.39 Å². The van der Waals surface area contributed by atoms with Gasteiger partial charge in [0.1, 0.15) is 5.82 Å². The van der Waals surface area contributed by atoms with Crippen LogP contribution in [-0.4, -0.2) is 16.1 Å². The predicted octanol–water partition coefficient (Wildman–Crippen LogP) is 3.69. The minimum absolute atomic E-state index is 0.0998. The van der Waals surface area contributed by atoms with Crippen LogP contribution in [0.15, 0.2) is 24.5 Å². The van der Waals surface area contributed by atoms with Crippen molar-refractivity contribution >= 4 is 0 Å². The molecule has 1 N–H and O–H groups in total. The summed E-state index contributed by atoms with van der Waals surface area (Å²) >= 11 is 0. The van der Waals surface area contributed by atoms with Crippen molar-refractivity contribution in [3.05, 3.63) is 47.3 Å². The number of hydrogen-bond donors (Lipinski definition) is 1. The van der Waals surface area contributed by atoms with Crippen LogP contribution in [0.5, 0.6) is 0 Å². The zero-order valence-electron chi connectivity index (χ0n) is 12.6. The lowest BCUT2D eigenvalue weighted by atomic mass is 10.1. The van der Waals surface area contributed by atoms with Gasteiger partial charge in [0.15, 0.2) is 0 Å². The van der Waals surface area contributed by atoms with Crippen molar-refractivity contribution in [1.82, 2.24) is 14.9 Å². The maximum atomic E-state index is 13.6. The van der Waals surface area contributed by atoms with Crippen LogP contribution in [0.25, 0.3) is 5.69 Å². The van der Waals surface area contributed by atoms with Crippen LogP contribution in [0.3, 0.4) is 0 Å². The molecule has 0 amide bonds. The normalized spacial score (nSPS) is 12.7. The van der Waals surface area contributed by atoms with Crippen molar-refractivity contribution in [2.24, 2.45) is 0 Å². The Labute approximate surface area is 119 Å². The third-order valence-corrected chi connectivity index (χ3v) is 3.67. The Hall–Kier alpha value is -1.68. The SMILES string of the molecule is CCCNC(C)c1cc(F)ccc1-n1cnc(C)c1C. The van der Waals surface area contributed by atoms with E-state index in [1.54, 1.807) is 12.4 Å². The molecule has 1 unspecified atom stereocenters. The molecule has 0 saturated heterocycles. The molecule has 2 rings (SSSR count). The second-order valence-electron chi connectivity index (χ2n) is 5.16. The van der Waals surface area contributed by atoms with E-state index in [0.717, 1.165) is 35.6 Å². The van der Waals surface area contributed by atoms with E-state index in [1.165, 1.54) is 6.07 Å². The first-order valence-electron chi connectivity index (χ1n) is 7.08. The maximum absolute atomic E-state index is 13.6. The van der Waals surface area contributed by atoms with E-state index in [2.05, 4.69) is 24.1 Å². The Balaban J connectivity index is 2.45. The largest absolute Gasteiger partial charge is 0.310 e. The summed E-state index contributed by atoms with van der Waals surface area (Å²) in [5.74, 6) is -0.205. The summed E-state index contributed by atoms with van der Waals surface area (Å²) in [6.07, 6.45) is 2.85. The van der Waals surface area contributed by atoms with Gasteiger partial charge < -0.3 is 9.88 Å². The lowest BCUT2D eigenvalue weighted by Crippen LogP contribution is -2.21. The van der Waals surface area contributed by atoms with Crippen molar-refractivity contribution in [1.29, 1.82) is 0 Å². The standard InChI is InChI=1S/C16H22FN3/c1-5-8-18-12(3)15-9-14(17)6-7-16(15)20-10-19-11(2)13(20)4/h6-7,9-10,12,18H,5,8H2,1-4H3. The fraction of sp³-hybridized carbons (Fsp3) is 0.438. The van der Waals surface area contributed by atoms with Crippen molar-refractivity contribution in [2.75, 3.05) is 6.54 Å². The maximum Gasteiger partial charge on any atom is 0.123 e. The van der Waals surface area contributed by atoms with Crippen LogP contribution >= 0.6 is 0 Å². The zero-order valence-corrected chi connectivity index (χ0v) is 12.6. The van der Waals surface area contributed by atoms with Crippen LogP contribution in [0.1, 0.15) is 43.3 Å². The number of aryl methyl sites for hydroxylation is 1. The quantitative estimate of drug-likeness (QED) is 0.902. The van der Waals surface area contributed by atoms with Crippen LogP contribution < -0.4 is 5.32 Å². The molecular weight excluding hydrogens is 253 g/mol. The number of hydrogen-bond acceptors (Lipinski definition) is 2. The summed E-state index contributed by atoms with van der Waals surface area (Å²) in [7, 11) is 0. The molecule has 0 aliphatic heterocycles. The van der Waals surface area contributed by atoms with Gasteiger partial charge in [-0.1, -0.05) is 6.92 Å². The van der Waals surface area contributed by atoms with Gasteiger partial charge >= 0.3 is 0 Å². The first-order chi connectivity index (χ1) is 9.54. The van der Waals surface area contributed by atoms with Gasteiger partial charge in [0, 0.05) is 11.7 Å². The highest BCUT2D eigenvalue weighted by molar-refractivity contribution is 5.45. The molecule has 2 aromatic rings. The van der Waals surface area contributed by atoms with Gasteiger partial charge in [0.25, 0.3) is 0 Å². The van der Waals surface area contributed by atoms with Gasteiger partial charge in [-0.15, -0.1) is 0 Å². The average molecular weight is 275 g/mol. The molecule has 1 aromatic carbocycles. The molecular formula is C16H22FN3. The van der Waals surface area contributed by atoms with E-state index in [-0.39, 0.29) is 11.9 Å². The Morgan fingerprint density at radius 3 is 2.70 bits per heavy atom. The second kappa shape index (κ2) is 6.18. The Kier molecular flexibility index (Phi) is 4.55. The van der Waals surface area contributed by atoms with Crippen LogP contribution in [-0.2, 0) is 0 Å². The fourth-order valence-electron chi connectivity index (χ4n) is 2.30. The molecule has 1 atom stereocenters. The Morgan fingerprint density at radius 2 is 2.10 bits per heavy atom. The highest BCUT2D eigenvalue weighted by Crippen LogP contribution is 2.24. The lowest BCUT2D eigenvalue weighted by molar-refractivity contribution is 0.559. The van der Waals surface area contributed by atoms with E-state index >= 15 is 0 Å². The van der Waals surface area contributed by atoms with E-state index in [0.29, 0.717) is 0 Å². The number of benzene rings is 1. The van der Waals surface area contributed by atoms with E-state index in [1.807, 2.05) is 24.5 Å². The number of halogens is 1. The molecule has 0 aliphatic carbocycles. The number of aromatic nitrogens is 2. The molecule has 0 aliphatic rings. The van der Waals surface area contributed by atoms with Crippen LogP contribution in [0, 0.1) is 19.7 Å². The summed E-state index contributed by atoms with van der Waals surface area (Å²) in [5, 5.41) is 3.41. The minimum atomic E-state index is -0.205. The van der Waals surface area contributed by atoms with Crippen molar-refractivity contribution in [3.63, 3.8) is 0 Å². The number of nitrogens with one attached hydrogen (secondary N) is 1. The zero-order chi connectivity index (χ0) is 14.7. The molecule has 3 nitrogen and oxygen atoms in total. The average Bonchev–Trinajstić information content (AvgIpc) is 2.76. The summed E-state index contributed by atoms with van der Waals surface area (Å²) in [4.78, 5) is 4.33. The van der Waals surface area contributed by atoms with Crippen molar-refractivity contribution < 1.29 is 4.39 Å². The number of imidazole rings is 1.